The summed E-state index contributed by atoms with van der Waals surface area (Å²) in [6.07, 6.45) is 2.98. The second-order valence-electron chi connectivity index (χ2n) is 5.91. The fraction of sp³-hybridized carbons (Fsp3) is 0.278. The molecule has 1 aromatic carbocycles. The predicted octanol–water partition coefficient (Wildman–Crippen LogP) is 2.61. The van der Waals surface area contributed by atoms with Crippen LogP contribution < -0.4 is 4.90 Å². The molecule has 0 fully saturated rings. The van der Waals surface area contributed by atoms with Crippen molar-refractivity contribution in [2.24, 2.45) is 0 Å². The SMILES string of the molecule is CN(C)C(=O)c1ccc(N2CC=C(c3ccc(F)cc3)CC2)nn1. The highest BCUT2D eigenvalue weighted by Gasteiger charge is 2.16. The number of carbonyl (C=O) groups is 1. The van der Waals surface area contributed by atoms with E-state index in [1.807, 2.05) is 6.07 Å². The maximum Gasteiger partial charge on any atom is 0.273 e. The van der Waals surface area contributed by atoms with E-state index < -0.39 is 0 Å². The van der Waals surface area contributed by atoms with Crippen LogP contribution in [0.2, 0.25) is 0 Å². The van der Waals surface area contributed by atoms with E-state index in [9.17, 15) is 9.18 Å². The molecule has 0 saturated heterocycles. The third kappa shape index (κ3) is 3.42. The van der Waals surface area contributed by atoms with Crippen molar-refractivity contribution in [3.05, 3.63) is 59.5 Å². The van der Waals surface area contributed by atoms with Crippen molar-refractivity contribution >= 4 is 17.3 Å². The maximum absolute atomic E-state index is 13.0. The van der Waals surface area contributed by atoms with Gasteiger partial charge in [0.15, 0.2) is 11.5 Å². The van der Waals surface area contributed by atoms with E-state index in [1.165, 1.54) is 22.6 Å². The number of aromatic nitrogens is 2. The van der Waals surface area contributed by atoms with Crippen LogP contribution in [0.5, 0.6) is 0 Å². The Morgan fingerprint density at radius 2 is 1.88 bits per heavy atom. The Kier molecular flexibility index (Phi) is 4.55. The summed E-state index contributed by atoms with van der Waals surface area (Å²) in [4.78, 5) is 15.4. The lowest BCUT2D eigenvalue weighted by molar-refractivity contribution is 0.0821. The Balaban J connectivity index is 1.70. The summed E-state index contributed by atoms with van der Waals surface area (Å²) in [6, 6.07) is 10.1. The van der Waals surface area contributed by atoms with Gasteiger partial charge < -0.3 is 9.80 Å². The van der Waals surface area contributed by atoms with E-state index in [2.05, 4.69) is 21.2 Å². The van der Waals surface area contributed by atoms with Crippen molar-refractivity contribution in [3.63, 3.8) is 0 Å². The Hall–Kier alpha value is -2.76. The van der Waals surface area contributed by atoms with E-state index >= 15 is 0 Å². The first-order valence-corrected chi connectivity index (χ1v) is 7.80. The fourth-order valence-corrected chi connectivity index (χ4v) is 2.64. The van der Waals surface area contributed by atoms with Crippen molar-refractivity contribution in [1.82, 2.24) is 15.1 Å². The van der Waals surface area contributed by atoms with Crippen LogP contribution in [0.25, 0.3) is 5.57 Å². The second kappa shape index (κ2) is 6.78. The molecule has 24 heavy (non-hydrogen) atoms. The van der Waals surface area contributed by atoms with Gasteiger partial charge in [0.05, 0.1) is 0 Å². The normalized spacial score (nSPS) is 14.3. The van der Waals surface area contributed by atoms with Gasteiger partial charge in [-0.05, 0) is 41.8 Å². The largest absolute Gasteiger partial charge is 0.351 e. The van der Waals surface area contributed by atoms with E-state index in [0.29, 0.717) is 12.2 Å². The lowest BCUT2D eigenvalue weighted by Crippen LogP contribution is -2.30. The van der Waals surface area contributed by atoms with Crippen molar-refractivity contribution < 1.29 is 9.18 Å². The van der Waals surface area contributed by atoms with Gasteiger partial charge in [-0.2, -0.15) is 0 Å². The Morgan fingerprint density at radius 1 is 1.12 bits per heavy atom. The number of carbonyl (C=O) groups excluding carboxylic acids is 1. The van der Waals surface area contributed by atoms with Crippen molar-refractivity contribution in [1.29, 1.82) is 0 Å². The van der Waals surface area contributed by atoms with E-state index in [1.54, 1.807) is 32.3 Å². The van der Waals surface area contributed by atoms with Gasteiger partial charge in [-0.25, -0.2) is 4.39 Å². The average molecular weight is 326 g/mol. The molecular weight excluding hydrogens is 307 g/mol. The number of anilines is 1. The molecule has 0 radical (unpaired) electrons. The van der Waals surface area contributed by atoms with E-state index in [-0.39, 0.29) is 11.7 Å². The quantitative estimate of drug-likeness (QED) is 0.870. The smallest absolute Gasteiger partial charge is 0.273 e. The second-order valence-corrected chi connectivity index (χ2v) is 5.91. The summed E-state index contributed by atoms with van der Waals surface area (Å²) in [7, 11) is 3.37. The van der Waals surface area contributed by atoms with Crippen LogP contribution in [-0.2, 0) is 0 Å². The molecule has 2 heterocycles. The third-order valence-electron chi connectivity index (χ3n) is 4.02. The molecule has 0 unspecified atom stereocenters. The van der Waals surface area contributed by atoms with Gasteiger partial charge in [-0.1, -0.05) is 18.2 Å². The summed E-state index contributed by atoms with van der Waals surface area (Å²) in [5, 5.41) is 8.18. The number of amides is 1. The van der Waals surface area contributed by atoms with E-state index in [4.69, 9.17) is 0 Å². The lowest BCUT2D eigenvalue weighted by atomic mass is 9.99. The highest BCUT2D eigenvalue weighted by Crippen LogP contribution is 2.24. The molecule has 6 heteroatoms. The standard InChI is InChI=1S/C18H19FN4O/c1-22(2)18(24)16-7-8-17(21-20-16)23-11-9-14(10-12-23)13-3-5-15(19)6-4-13/h3-9H,10-12H2,1-2H3. The monoisotopic (exact) mass is 326 g/mol. The van der Waals surface area contributed by atoms with Gasteiger partial charge in [0.2, 0.25) is 0 Å². The molecule has 1 amide bonds. The molecule has 2 aromatic rings. The van der Waals surface area contributed by atoms with Crippen LogP contribution in [0.4, 0.5) is 10.2 Å². The Bertz CT molecular complexity index is 754. The Morgan fingerprint density at radius 3 is 2.42 bits per heavy atom. The average Bonchev–Trinajstić information content (AvgIpc) is 2.62. The molecule has 1 aliphatic rings. The summed E-state index contributed by atoms with van der Waals surface area (Å²) in [6.45, 7) is 1.52. The van der Waals surface area contributed by atoms with Crippen molar-refractivity contribution in [2.45, 2.75) is 6.42 Å². The number of halogens is 1. The first kappa shape index (κ1) is 16.1. The molecule has 0 saturated carbocycles. The number of hydrogen-bond acceptors (Lipinski definition) is 4. The summed E-state index contributed by atoms with van der Waals surface area (Å²) in [5.74, 6) is 0.366. The summed E-state index contributed by atoms with van der Waals surface area (Å²) in [5.41, 5.74) is 2.59. The van der Waals surface area contributed by atoms with Crippen LogP contribution in [0.3, 0.4) is 0 Å². The number of rotatable bonds is 3. The molecule has 124 valence electrons. The van der Waals surface area contributed by atoms with Gasteiger partial charge in [0, 0.05) is 27.2 Å². The van der Waals surface area contributed by atoms with Crippen LogP contribution in [0.1, 0.15) is 22.5 Å². The highest BCUT2D eigenvalue weighted by atomic mass is 19.1. The zero-order valence-corrected chi connectivity index (χ0v) is 13.7. The zero-order valence-electron chi connectivity index (χ0n) is 13.7. The molecule has 0 N–H and O–H groups in total. The lowest BCUT2D eigenvalue weighted by Gasteiger charge is -2.27. The van der Waals surface area contributed by atoms with Crippen LogP contribution in [-0.4, -0.2) is 48.2 Å². The van der Waals surface area contributed by atoms with Gasteiger partial charge in [-0.3, -0.25) is 4.79 Å². The summed E-state index contributed by atoms with van der Waals surface area (Å²) >= 11 is 0. The summed E-state index contributed by atoms with van der Waals surface area (Å²) < 4.78 is 13.0. The number of nitrogens with zero attached hydrogens (tertiary/aromatic N) is 4. The molecule has 0 aliphatic carbocycles. The topological polar surface area (TPSA) is 49.3 Å². The minimum atomic E-state index is -0.223. The first-order chi connectivity index (χ1) is 11.5. The van der Waals surface area contributed by atoms with Gasteiger partial charge in [0.1, 0.15) is 5.82 Å². The van der Waals surface area contributed by atoms with Gasteiger partial charge in [-0.15, -0.1) is 10.2 Å². The highest BCUT2D eigenvalue weighted by molar-refractivity contribution is 5.91. The zero-order chi connectivity index (χ0) is 17.1. The fourth-order valence-electron chi connectivity index (χ4n) is 2.64. The Labute approximate surface area is 140 Å². The maximum atomic E-state index is 13.0. The number of hydrogen-bond donors (Lipinski definition) is 0. The minimum absolute atomic E-state index is 0.161. The molecule has 3 rings (SSSR count). The minimum Gasteiger partial charge on any atom is -0.351 e. The molecule has 1 aromatic heterocycles. The van der Waals surface area contributed by atoms with Crippen LogP contribution in [0.15, 0.2) is 42.5 Å². The van der Waals surface area contributed by atoms with Crippen molar-refractivity contribution in [3.8, 4) is 0 Å². The van der Waals surface area contributed by atoms with Gasteiger partial charge in [0.25, 0.3) is 5.91 Å². The van der Waals surface area contributed by atoms with Crippen molar-refractivity contribution in [2.75, 3.05) is 32.1 Å². The molecule has 0 spiro atoms. The molecular formula is C18H19FN4O. The molecule has 5 nitrogen and oxygen atoms in total. The van der Waals surface area contributed by atoms with Gasteiger partial charge >= 0.3 is 0 Å². The first-order valence-electron chi connectivity index (χ1n) is 7.80. The van der Waals surface area contributed by atoms with E-state index in [0.717, 1.165) is 24.3 Å². The molecule has 0 bridgehead atoms. The predicted molar refractivity (Wildman–Crippen MR) is 91.3 cm³/mol. The third-order valence-corrected chi connectivity index (χ3v) is 4.02. The molecule has 0 atom stereocenters. The van der Waals surface area contributed by atoms with Crippen LogP contribution >= 0.6 is 0 Å². The van der Waals surface area contributed by atoms with Crippen LogP contribution in [0, 0.1) is 5.82 Å². The molecule has 1 aliphatic heterocycles. The number of benzene rings is 1.